The van der Waals surface area contributed by atoms with Crippen molar-refractivity contribution >= 4 is 17.6 Å². The molecule has 2 fully saturated rings. The zero-order chi connectivity index (χ0) is 27.3. The van der Waals surface area contributed by atoms with E-state index < -0.39 is 0 Å². The van der Waals surface area contributed by atoms with Gasteiger partial charge in [-0.1, -0.05) is 37.3 Å². The van der Waals surface area contributed by atoms with E-state index in [0.717, 1.165) is 12.0 Å². The predicted molar refractivity (Wildman–Crippen MR) is 145 cm³/mol. The molecule has 3 amide bonds. The number of rotatable bonds is 5. The topological polar surface area (TPSA) is 66.0 Å². The summed E-state index contributed by atoms with van der Waals surface area (Å²) in [7, 11) is 3.16. The van der Waals surface area contributed by atoms with E-state index in [1.165, 1.54) is 35.4 Å². The van der Waals surface area contributed by atoms with E-state index in [1.54, 1.807) is 31.6 Å². The summed E-state index contributed by atoms with van der Waals surface area (Å²) in [6, 6.07) is 17.8. The Hall–Kier alpha value is -3.78. The predicted octanol–water partition coefficient (Wildman–Crippen LogP) is 5.18. The molecule has 6 rings (SSSR count). The van der Waals surface area contributed by atoms with Crippen LogP contribution in [0, 0.1) is 17.2 Å². The monoisotopic (exact) mass is 528 g/mol. The Labute approximate surface area is 228 Å². The summed E-state index contributed by atoms with van der Waals surface area (Å²) >= 11 is 0. The molecule has 2 heterocycles. The molecular weight excluding hydrogens is 495 g/mol. The van der Waals surface area contributed by atoms with Gasteiger partial charge in [0.1, 0.15) is 5.82 Å². The maximum atomic E-state index is 14.2. The summed E-state index contributed by atoms with van der Waals surface area (Å²) in [5.41, 5.74) is 3.73. The van der Waals surface area contributed by atoms with Crippen molar-refractivity contribution in [1.82, 2.24) is 14.9 Å². The number of fused-ring (bicyclic) bond motifs is 4. The number of anilines is 1. The van der Waals surface area contributed by atoms with Crippen LogP contribution in [0.3, 0.4) is 0 Å². The van der Waals surface area contributed by atoms with Gasteiger partial charge in [-0.25, -0.2) is 14.2 Å². The molecule has 0 bridgehead atoms. The van der Waals surface area contributed by atoms with Gasteiger partial charge in [0.2, 0.25) is 5.91 Å². The number of hydroxylamine groups is 2. The van der Waals surface area contributed by atoms with Gasteiger partial charge >= 0.3 is 6.03 Å². The van der Waals surface area contributed by atoms with Crippen LogP contribution in [0.4, 0.5) is 14.9 Å². The van der Waals surface area contributed by atoms with Gasteiger partial charge in [-0.3, -0.25) is 19.5 Å². The number of nitrogens with zero attached hydrogens (tertiary/aromatic N) is 4. The van der Waals surface area contributed by atoms with Gasteiger partial charge in [0.25, 0.3) is 0 Å². The molecule has 0 spiro atoms. The zero-order valence-corrected chi connectivity index (χ0v) is 22.5. The number of carbonyl (C=O) groups is 2. The summed E-state index contributed by atoms with van der Waals surface area (Å²) < 4.78 is 13.9. The van der Waals surface area contributed by atoms with Crippen molar-refractivity contribution in [3.05, 3.63) is 95.6 Å². The molecule has 2 aliphatic carbocycles. The Kier molecular flexibility index (Phi) is 6.38. The molecule has 39 heavy (non-hydrogen) atoms. The smallest absolute Gasteiger partial charge is 0.315 e. The lowest BCUT2D eigenvalue weighted by molar-refractivity contribution is -0.178. The van der Waals surface area contributed by atoms with E-state index in [1.807, 2.05) is 28.0 Å². The highest BCUT2D eigenvalue weighted by molar-refractivity contribution is 5.96. The summed E-state index contributed by atoms with van der Waals surface area (Å²) in [6.07, 6.45) is 5.47. The van der Waals surface area contributed by atoms with Crippen LogP contribution in [0.15, 0.2) is 73.1 Å². The lowest BCUT2D eigenvalue weighted by Gasteiger charge is -2.39. The van der Waals surface area contributed by atoms with Crippen LogP contribution in [-0.4, -0.2) is 53.1 Å². The highest BCUT2D eigenvalue weighted by Gasteiger charge is 2.59. The van der Waals surface area contributed by atoms with Crippen molar-refractivity contribution in [2.24, 2.45) is 11.3 Å². The van der Waals surface area contributed by atoms with Gasteiger partial charge in [-0.2, -0.15) is 0 Å². The fraction of sp³-hybridized carbons (Fsp3) is 0.387. The minimum Gasteiger partial charge on any atom is -0.315 e. The van der Waals surface area contributed by atoms with Gasteiger partial charge in [-0.15, -0.1) is 0 Å². The summed E-state index contributed by atoms with van der Waals surface area (Å²) in [5, 5.41) is 1.33. The molecule has 1 aliphatic heterocycles. The number of benzene rings is 2. The largest absolute Gasteiger partial charge is 0.325 e. The number of hydrogen-bond donors (Lipinski definition) is 0. The highest BCUT2D eigenvalue weighted by atomic mass is 19.1. The number of aromatic nitrogens is 1. The first-order valence-corrected chi connectivity index (χ1v) is 13.5. The molecule has 1 unspecified atom stereocenters. The third kappa shape index (κ3) is 4.18. The van der Waals surface area contributed by atoms with Crippen LogP contribution in [0.2, 0.25) is 0 Å². The van der Waals surface area contributed by atoms with Crippen LogP contribution in [0.5, 0.6) is 0 Å². The highest BCUT2D eigenvalue weighted by Crippen LogP contribution is 2.59. The third-order valence-electron chi connectivity index (χ3n) is 9.24. The molecule has 8 heteroatoms. The summed E-state index contributed by atoms with van der Waals surface area (Å²) in [4.78, 5) is 41.5. The van der Waals surface area contributed by atoms with Gasteiger partial charge in [0.05, 0.1) is 19.2 Å². The van der Waals surface area contributed by atoms with Gasteiger partial charge in [0.15, 0.2) is 0 Å². The molecule has 7 nitrogen and oxygen atoms in total. The average Bonchev–Trinajstić information content (AvgIpc) is 3.33. The van der Waals surface area contributed by atoms with Crippen molar-refractivity contribution in [2.75, 3.05) is 19.1 Å². The Morgan fingerprint density at radius 2 is 1.87 bits per heavy atom. The second-order valence-electron chi connectivity index (χ2n) is 11.2. The molecule has 0 radical (unpaired) electrons. The van der Waals surface area contributed by atoms with E-state index in [9.17, 15) is 14.0 Å². The Balaban J connectivity index is 1.49. The van der Waals surface area contributed by atoms with Crippen LogP contribution in [-0.2, 0) is 22.6 Å². The van der Waals surface area contributed by atoms with E-state index >= 15 is 0 Å². The minimum absolute atomic E-state index is 0.0667. The molecule has 2 aromatic carbocycles. The molecule has 1 saturated carbocycles. The molecule has 1 saturated heterocycles. The normalized spacial score (nSPS) is 27.5. The number of carbonyl (C=O) groups excluding carboxylic acids is 2. The fourth-order valence-corrected chi connectivity index (χ4v) is 7.26. The Morgan fingerprint density at radius 3 is 2.59 bits per heavy atom. The van der Waals surface area contributed by atoms with Gasteiger partial charge < -0.3 is 4.90 Å². The van der Waals surface area contributed by atoms with Gasteiger partial charge in [-0.05, 0) is 77.6 Å². The number of pyridine rings is 1. The summed E-state index contributed by atoms with van der Waals surface area (Å²) in [6.45, 7) is 2.60. The number of halogens is 1. The molecule has 1 aromatic heterocycles. The minimum atomic E-state index is -0.368. The van der Waals surface area contributed by atoms with Crippen molar-refractivity contribution in [3.8, 4) is 0 Å². The second-order valence-corrected chi connectivity index (χ2v) is 11.2. The maximum Gasteiger partial charge on any atom is 0.325 e. The molecule has 3 aromatic rings. The van der Waals surface area contributed by atoms with Crippen molar-refractivity contribution in [1.29, 1.82) is 0 Å². The summed E-state index contributed by atoms with van der Waals surface area (Å²) in [5.74, 6) is -0.725. The SMILES string of the molecule is CON(C)C(=O)[C@H]1C[C@@H]2[C@H](CC3c4ccccc4C[C@@]31C)N(c1ccc(F)cc1)C(=O)N2Cc1cccnc1. The van der Waals surface area contributed by atoms with Crippen molar-refractivity contribution in [2.45, 2.75) is 50.7 Å². The Morgan fingerprint density at radius 1 is 1.10 bits per heavy atom. The molecule has 202 valence electrons. The molecule has 3 aliphatic rings. The van der Waals surface area contributed by atoms with E-state index in [0.29, 0.717) is 25.1 Å². The van der Waals surface area contributed by atoms with Gasteiger partial charge in [0, 0.05) is 37.6 Å². The van der Waals surface area contributed by atoms with Crippen LogP contribution in [0.25, 0.3) is 0 Å². The maximum absolute atomic E-state index is 14.2. The molecular formula is C31H33FN4O3. The zero-order valence-electron chi connectivity index (χ0n) is 22.5. The molecule has 0 N–H and O–H groups in total. The third-order valence-corrected chi connectivity index (χ3v) is 9.24. The first-order valence-electron chi connectivity index (χ1n) is 13.5. The van der Waals surface area contributed by atoms with Crippen molar-refractivity contribution in [3.63, 3.8) is 0 Å². The van der Waals surface area contributed by atoms with Crippen LogP contribution >= 0.6 is 0 Å². The number of urea groups is 1. The van der Waals surface area contributed by atoms with Crippen LogP contribution < -0.4 is 4.90 Å². The number of amides is 3. The van der Waals surface area contributed by atoms with E-state index in [-0.39, 0.29) is 47.1 Å². The fourth-order valence-electron chi connectivity index (χ4n) is 7.26. The molecule has 5 atom stereocenters. The van der Waals surface area contributed by atoms with Crippen LogP contribution in [0.1, 0.15) is 42.4 Å². The lowest BCUT2D eigenvalue weighted by atomic mass is 9.67. The lowest BCUT2D eigenvalue weighted by Crippen LogP contribution is -2.45. The van der Waals surface area contributed by atoms with E-state index in [2.05, 4.69) is 30.1 Å². The average molecular weight is 529 g/mol. The Bertz CT molecular complexity index is 1380. The first-order chi connectivity index (χ1) is 18.8. The quantitative estimate of drug-likeness (QED) is 0.429. The standard InChI is InChI=1S/C31H33FN4O3/c1-31-17-21-8-4-5-9-24(21)25(31)15-28-27(16-26(31)29(37)34(2)39-3)35(19-20-7-6-14-33-18-20)30(38)36(28)23-12-10-22(32)11-13-23/h4-14,18,25-28H,15-17,19H2,1-3H3/t25?,26-,27-,28+,31+/m1/s1. The number of hydrogen-bond acceptors (Lipinski definition) is 4. The second kappa shape index (κ2) is 9.75. The van der Waals surface area contributed by atoms with E-state index in [4.69, 9.17) is 4.84 Å². The first kappa shape index (κ1) is 25.5. The van der Waals surface area contributed by atoms with Crippen molar-refractivity contribution < 1.29 is 18.8 Å².